The quantitative estimate of drug-likeness (QED) is 0.849. The molecule has 2 atom stereocenters. The monoisotopic (exact) mass is 309 g/mol. The molecule has 0 spiro atoms. The van der Waals surface area contributed by atoms with Crippen molar-refractivity contribution in [2.45, 2.75) is 52.6 Å². The van der Waals surface area contributed by atoms with Gasteiger partial charge in [0.25, 0.3) is 0 Å². The zero-order chi connectivity index (χ0) is 16.2. The Kier molecular flexibility index (Phi) is 3.25. The van der Waals surface area contributed by atoms with Crippen LogP contribution in [0.2, 0.25) is 0 Å². The van der Waals surface area contributed by atoms with Crippen molar-refractivity contribution in [3.8, 4) is 5.75 Å². The van der Waals surface area contributed by atoms with Crippen LogP contribution in [0.25, 0.3) is 10.8 Å². The Balaban J connectivity index is 1.68. The summed E-state index contributed by atoms with van der Waals surface area (Å²) < 4.78 is 0. The lowest BCUT2D eigenvalue weighted by molar-refractivity contribution is 0.126. The van der Waals surface area contributed by atoms with Gasteiger partial charge in [-0.25, -0.2) is 0 Å². The van der Waals surface area contributed by atoms with Gasteiger partial charge in [0.05, 0.1) is 0 Å². The molecular formula is C21H27NO. The fourth-order valence-electron chi connectivity index (χ4n) is 5.46. The number of nitrogens with zero attached hydrogens (tertiary/aromatic N) is 1. The van der Waals surface area contributed by atoms with Crippen LogP contribution in [-0.4, -0.2) is 22.6 Å². The third kappa shape index (κ3) is 2.63. The molecule has 1 N–H and O–H groups in total. The topological polar surface area (TPSA) is 23.5 Å². The minimum Gasteiger partial charge on any atom is -0.508 e. The van der Waals surface area contributed by atoms with Crippen LogP contribution in [0.15, 0.2) is 36.4 Å². The number of phenolic OH excluding ortho intramolecular Hbond substituents is 1. The number of fused-ring (bicyclic) bond motifs is 3. The predicted molar refractivity (Wildman–Crippen MR) is 95.5 cm³/mol. The summed E-state index contributed by atoms with van der Waals surface area (Å²) >= 11 is 0. The van der Waals surface area contributed by atoms with Gasteiger partial charge in [-0.1, -0.05) is 51.1 Å². The lowest BCUT2D eigenvalue weighted by atomic mass is 9.65. The van der Waals surface area contributed by atoms with Crippen molar-refractivity contribution in [3.05, 3.63) is 42.0 Å². The van der Waals surface area contributed by atoms with Crippen LogP contribution >= 0.6 is 0 Å². The molecule has 2 aromatic rings. The number of likely N-dealkylation sites (tertiary alicyclic amines) is 1. The Labute approximate surface area is 139 Å². The molecule has 2 aliphatic rings. The van der Waals surface area contributed by atoms with Crippen LogP contribution < -0.4 is 0 Å². The summed E-state index contributed by atoms with van der Waals surface area (Å²) in [5, 5.41) is 12.9. The van der Waals surface area contributed by atoms with Gasteiger partial charge in [0, 0.05) is 24.7 Å². The van der Waals surface area contributed by atoms with E-state index in [1.165, 1.54) is 30.0 Å². The number of benzene rings is 2. The molecule has 0 aromatic heterocycles. The smallest absolute Gasteiger partial charge is 0.120 e. The van der Waals surface area contributed by atoms with E-state index in [1.807, 2.05) is 12.1 Å². The number of hydrogen-bond donors (Lipinski definition) is 1. The molecule has 2 bridgehead atoms. The van der Waals surface area contributed by atoms with E-state index in [-0.39, 0.29) is 0 Å². The number of phenols is 1. The van der Waals surface area contributed by atoms with Gasteiger partial charge >= 0.3 is 0 Å². The molecule has 1 aliphatic heterocycles. The van der Waals surface area contributed by atoms with E-state index in [4.69, 9.17) is 0 Å². The van der Waals surface area contributed by atoms with Crippen molar-refractivity contribution in [1.82, 2.24) is 4.90 Å². The molecule has 0 amide bonds. The van der Waals surface area contributed by atoms with Crippen LogP contribution in [0, 0.1) is 10.8 Å². The van der Waals surface area contributed by atoms with Gasteiger partial charge in [0.2, 0.25) is 0 Å². The first-order valence-corrected chi connectivity index (χ1v) is 8.79. The number of rotatable bonds is 2. The van der Waals surface area contributed by atoms with Gasteiger partial charge in [0.15, 0.2) is 0 Å². The van der Waals surface area contributed by atoms with E-state index in [0.29, 0.717) is 22.6 Å². The van der Waals surface area contributed by atoms with Gasteiger partial charge in [-0.2, -0.15) is 0 Å². The fraction of sp³-hybridized carbons (Fsp3) is 0.524. The molecule has 2 nitrogen and oxygen atoms in total. The van der Waals surface area contributed by atoms with Crippen LogP contribution in [-0.2, 0) is 6.54 Å². The summed E-state index contributed by atoms with van der Waals surface area (Å²) in [6.45, 7) is 9.30. The van der Waals surface area contributed by atoms with Crippen molar-refractivity contribution >= 4 is 10.8 Å². The van der Waals surface area contributed by atoms with Gasteiger partial charge in [-0.3, -0.25) is 4.90 Å². The molecule has 1 aliphatic carbocycles. The molecule has 0 radical (unpaired) electrons. The van der Waals surface area contributed by atoms with Gasteiger partial charge in [-0.05, 0) is 46.9 Å². The Morgan fingerprint density at radius 2 is 1.87 bits per heavy atom. The lowest BCUT2D eigenvalue weighted by Crippen LogP contribution is -2.34. The molecule has 1 saturated heterocycles. The molecule has 2 heteroatoms. The van der Waals surface area contributed by atoms with E-state index >= 15 is 0 Å². The zero-order valence-electron chi connectivity index (χ0n) is 14.5. The Hall–Kier alpha value is -1.54. The standard InChI is InChI=1S/C21H27NO/c1-20(2)10-16-11-21(3,13-20)14-22(16)12-18-17-7-5-4-6-15(17)8-9-19(18)23/h4-9,16,23H,10-14H2,1-3H3/t16-,21+/m0/s1. The number of hydrogen-bond acceptors (Lipinski definition) is 2. The molecule has 2 fully saturated rings. The predicted octanol–water partition coefficient (Wildman–Crippen LogP) is 4.95. The summed E-state index contributed by atoms with van der Waals surface area (Å²) in [4.78, 5) is 2.62. The van der Waals surface area contributed by atoms with Crippen molar-refractivity contribution in [3.63, 3.8) is 0 Å². The van der Waals surface area contributed by atoms with E-state index < -0.39 is 0 Å². The molecular weight excluding hydrogens is 282 g/mol. The van der Waals surface area contributed by atoms with Crippen molar-refractivity contribution in [1.29, 1.82) is 0 Å². The molecule has 0 unspecified atom stereocenters. The average Bonchev–Trinajstić information content (AvgIpc) is 2.70. The van der Waals surface area contributed by atoms with Gasteiger partial charge in [0.1, 0.15) is 5.75 Å². The van der Waals surface area contributed by atoms with Crippen LogP contribution in [0.1, 0.15) is 45.6 Å². The maximum Gasteiger partial charge on any atom is 0.120 e. The van der Waals surface area contributed by atoms with Crippen LogP contribution in [0.5, 0.6) is 5.75 Å². The minimum atomic E-state index is 0.437. The zero-order valence-corrected chi connectivity index (χ0v) is 14.5. The summed E-state index contributed by atoms with van der Waals surface area (Å²) in [5.74, 6) is 0.439. The Bertz CT molecular complexity index is 751. The van der Waals surface area contributed by atoms with Crippen LogP contribution in [0.3, 0.4) is 0 Å². The minimum absolute atomic E-state index is 0.437. The molecule has 4 rings (SSSR count). The molecule has 122 valence electrons. The van der Waals surface area contributed by atoms with E-state index in [0.717, 1.165) is 18.7 Å². The van der Waals surface area contributed by atoms with E-state index in [9.17, 15) is 5.11 Å². The van der Waals surface area contributed by atoms with Crippen molar-refractivity contribution in [2.75, 3.05) is 6.54 Å². The average molecular weight is 309 g/mol. The SMILES string of the molecule is CC1(C)C[C@H]2C[C@@](C)(CN2Cc2c(O)ccc3ccccc23)C1. The molecule has 1 saturated carbocycles. The first kappa shape index (κ1) is 15.0. The largest absolute Gasteiger partial charge is 0.508 e. The van der Waals surface area contributed by atoms with E-state index in [1.54, 1.807) is 0 Å². The summed E-state index contributed by atoms with van der Waals surface area (Å²) in [6, 6.07) is 12.9. The molecule has 23 heavy (non-hydrogen) atoms. The first-order chi connectivity index (χ1) is 10.9. The third-order valence-electron chi connectivity index (χ3n) is 5.90. The summed E-state index contributed by atoms with van der Waals surface area (Å²) in [6.07, 6.45) is 3.89. The normalized spacial score (nSPS) is 30.0. The lowest BCUT2D eigenvalue weighted by Gasteiger charge is -2.40. The highest BCUT2D eigenvalue weighted by molar-refractivity contribution is 5.87. The summed E-state index contributed by atoms with van der Waals surface area (Å²) in [5.41, 5.74) is 1.97. The van der Waals surface area contributed by atoms with E-state index in [2.05, 4.69) is 49.9 Å². The number of aromatic hydroxyl groups is 1. The summed E-state index contributed by atoms with van der Waals surface area (Å²) in [7, 11) is 0. The highest BCUT2D eigenvalue weighted by Gasteiger charge is 2.49. The first-order valence-electron chi connectivity index (χ1n) is 8.79. The maximum atomic E-state index is 10.4. The fourth-order valence-corrected chi connectivity index (χ4v) is 5.46. The van der Waals surface area contributed by atoms with Crippen LogP contribution in [0.4, 0.5) is 0 Å². The molecule has 1 heterocycles. The van der Waals surface area contributed by atoms with Gasteiger partial charge < -0.3 is 5.11 Å². The Morgan fingerprint density at radius 3 is 2.70 bits per heavy atom. The second kappa shape index (κ2) is 4.98. The maximum absolute atomic E-state index is 10.4. The highest BCUT2D eigenvalue weighted by Crippen LogP contribution is 2.53. The third-order valence-corrected chi connectivity index (χ3v) is 5.90. The highest BCUT2D eigenvalue weighted by atomic mass is 16.3. The Morgan fingerprint density at radius 1 is 1.09 bits per heavy atom. The second-order valence-corrected chi connectivity index (χ2v) is 8.90. The van der Waals surface area contributed by atoms with Gasteiger partial charge in [-0.15, -0.1) is 0 Å². The second-order valence-electron chi connectivity index (χ2n) is 8.90. The van der Waals surface area contributed by atoms with Crippen molar-refractivity contribution < 1.29 is 5.11 Å². The van der Waals surface area contributed by atoms with Crippen molar-refractivity contribution in [2.24, 2.45) is 10.8 Å². The molecule has 2 aromatic carbocycles.